The van der Waals surface area contributed by atoms with Gasteiger partial charge in [-0.1, -0.05) is 11.3 Å². The molecule has 0 spiro atoms. The molecule has 0 amide bonds. The highest BCUT2D eigenvalue weighted by Gasteiger charge is 2.28. The van der Waals surface area contributed by atoms with Crippen LogP contribution in [0.3, 0.4) is 0 Å². The Balaban J connectivity index is 1.64. The summed E-state index contributed by atoms with van der Waals surface area (Å²) in [6, 6.07) is 4.91. The third kappa shape index (κ3) is 4.06. The Morgan fingerprint density at radius 2 is 1.88 bits per heavy atom. The van der Waals surface area contributed by atoms with Crippen molar-refractivity contribution in [2.45, 2.75) is 11.6 Å². The Kier molecular flexibility index (Phi) is 5.49. The topological polar surface area (TPSA) is 70.5 Å². The van der Waals surface area contributed by atoms with E-state index in [2.05, 4.69) is 15.3 Å². The van der Waals surface area contributed by atoms with Crippen LogP contribution in [0.5, 0.6) is 0 Å². The van der Waals surface area contributed by atoms with Crippen molar-refractivity contribution in [3.05, 3.63) is 34.0 Å². The quantitative estimate of drug-likeness (QED) is 0.768. The van der Waals surface area contributed by atoms with E-state index in [1.165, 1.54) is 27.8 Å². The summed E-state index contributed by atoms with van der Waals surface area (Å²) in [5, 5.41) is 8.07. The van der Waals surface area contributed by atoms with E-state index in [9.17, 15) is 12.8 Å². The molecule has 7 nitrogen and oxygen atoms in total. The first-order valence-electron chi connectivity index (χ1n) is 7.64. The van der Waals surface area contributed by atoms with Gasteiger partial charge in [0, 0.05) is 33.2 Å². The zero-order valence-electron chi connectivity index (χ0n) is 13.6. The number of anilines is 1. The van der Waals surface area contributed by atoms with Gasteiger partial charge in [0.25, 0.3) is 0 Å². The molecular weight excluding hydrogens is 385 g/mol. The molecular formula is C14H18FN5O2S3. The van der Waals surface area contributed by atoms with E-state index in [-0.39, 0.29) is 4.90 Å². The average molecular weight is 404 g/mol. The molecule has 2 heterocycles. The fourth-order valence-electron chi connectivity index (χ4n) is 2.55. The molecule has 0 saturated carbocycles. The number of halogens is 1. The van der Waals surface area contributed by atoms with E-state index in [1.54, 1.807) is 11.7 Å². The van der Waals surface area contributed by atoms with Gasteiger partial charge in [-0.05, 0) is 36.5 Å². The molecule has 1 aliphatic rings. The summed E-state index contributed by atoms with van der Waals surface area (Å²) in [6.07, 6.45) is 0. The Hall–Kier alpha value is -1.40. The minimum absolute atomic E-state index is 0.114. The first kappa shape index (κ1) is 18.4. The largest absolute Gasteiger partial charge is 0.363 e. The maximum absolute atomic E-state index is 13.0. The number of nitrogens with zero attached hydrogens (tertiary/aromatic N) is 4. The van der Waals surface area contributed by atoms with E-state index in [4.69, 9.17) is 12.2 Å². The Labute approximate surface area is 154 Å². The van der Waals surface area contributed by atoms with Gasteiger partial charge in [0.05, 0.1) is 11.6 Å². The lowest BCUT2D eigenvalue weighted by Gasteiger charge is -2.33. The first-order chi connectivity index (χ1) is 11.9. The number of piperazine rings is 1. The third-order valence-electron chi connectivity index (χ3n) is 3.94. The van der Waals surface area contributed by atoms with Gasteiger partial charge < -0.3 is 5.32 Å². The van der Waals surface area contributed by atoms with Crippen molar-refractivity contribution < 1.29 is 12.8 Å². The minimum atomic E-state index is -3.59. The monoisotopic (exact) mass is 403 g/mol. The normalized spacial score (nSPS) is 16.9. The first-order valence-corrected chi connectivity index (χ1v) is 10.3. The van der Waals surface area contributed by atoms with Crippen LogP contribution in [-0.4, -0.2) is 60.6 Å². The minimum Gasteiger partial charge on any atom is -0.363 e. The molecule has 3 rings (SSSR count). The van der Waals surface area contributed by atoms with Crippen LogP contribution in [0, 0.1) is 9.77 Å². The fourth-order valence-corrected chi connectivity index (χ4v) is 4.92. The summed E-state index contributed by atoms with van der Waals surface area (Å²) in [7, 11) is -1.81. The molecule has 0 radical (unpaired) electrons. The van der Waals surface area contributed by atoms with E-state index in [0.717, 1.165) is 17.3 Å². The lowest BCUT2D eigenvalue weighted by Crippen LogP contribution is -2.48. The summed E-state index contributed by atoms with van der Waals surface area (Å²) in [5.74, 6) is -0.454. The van der Waals surface area contributed by atoms with Crippen molar-refractivity contribution >= 4 is 38.7 Å². The predicted molar refractivity (Wildman–Crippen MR) is 97.2 cm³/mol. The number of hydrogen-bond acceptors (Lipinski definition) is 7. The molecule has 136 valence electrons. The number of aromatic nitrogens is 2. The molecule has 1 aromatic carbocycles. The van der Waals surface area contributed by atoms with Gasteiger partial charge in [-0.15, -0.1) is 5.10 Å². The van der Waals surface area contributed by atoms with Gasteiger partial charge >= 0.3 is 0 Å². The number of hydrogen-bond donors (Lipinski definition) is 1. The second-order valence-electron chi connectivity index (χ2n) is 5.54. The lowest BCUT2D eigenvalue weighted by molar-refractivity contribution is 0.145. The van der Waals surface area contributed by atoms with Gasteiger partial charge in [0.2, 0.25) is 15.2 Å². The molecule has 25 heavy (non-hydrogen) atoms. The van der Waals surface area contributed by atoms with Gasteiger partial charge in [0.1, 0.15) is 5.82 Å². The van der Waals surface area contributed by atoms with Crippen molar-refractivity contribution in [2.75, 3.05) is 38.5 Å². The zero-order valence-corrected chi connectivity index (χ0v) is 16.0. The molecule has 1 aromatic heterocycles. The van der Waals surface area contributed by atoms with Gasteiger partial charge in [-0.3, -0.25) is 4.90 Å². The van der Waals surface area contributed by atoms with Crippen LogP contribution in [0.15, 0.2) is 29.2 Å². The van der Waals surface area contributed by atoms with Crippen LogP contribution >= 0.6 is 23.6 Å². The molecule has 2 aromatic rings. The van der Waals surface area contributed by atoms with Crippen molar-refractivity contribution in [1.29, 1.82) is 0 Å². The van der Waals surface area contributed by atoms with E-state index in [1.807, 2.05) is 0 Å². The Morgan fingerprint density at radius 1 is 1.24 bits per heavy atom. The zero-order chi connectivity index (χ0) is 18.0. The van der Waals surface area contributed by atoms with Gasteiger partial charge in [-0.25, -0.2) is 17.5 Å². The molecule has 0 atom stereocenters. The number of nitrogens with one attached hydrogen (secondary N) is 1. The predicted octanol–water partition coefficient (Wildman–Crippen LogP) is 1.82. The number of sulfonamides is 1. The number of rotatable bonds is 5. The van der Waals surface area contributed by atoms with E-state index < -0.39 is 15.8 Å². The van der Waals surface area contributed by atoms with Crippen LogP contribution in [-0.2, 0) is 16.7 Å². The molecule has 1 saturated heterocycles. The van der Waals surface area contributed by atoms with Crippen molar-refractivity contribution in [2.24, 2.45) is 0 Å². The maximum Gasteiger partial charge on any atom is 0.243 e. The molecule has 0 aliphatic carbocycles. The summed E-state index contributed by atoms with van der Waals surface area (Å²) in [5.41, 5.74) is 0. The van der Waals surface area contributed by atoms with E-state index >= 15 is 0 Å². The molecule has 1 aliphatic heterocycles. The smallest absolute Gasteiger partial charge is 0.243 e. The third-order valence-corrected chi connectivity index (χ3v) is 7.17. The van der Waals surface area contributed by atoms with Crippen LogP contribution in [0.25, 0.3) is 0 Å². The fraction of sp³-hybridized carbons (Fsp3) is 0.429. The van der Waals surface area contributed by atoms with Crippen LogP contribution in [0.4, 0.5) is 9.52 Å². The van der Waals surface area contributed by atoms with Crippen molar-refractivity contribution in [1.82, 2.24) is 19.0 Å². The highest BCUT2D eigenvalue weighted by atomic mass is 32.2. The summed E-state index contributed by atoms with van der Waals surface area (Å²) >= 11 is 6.68. The van der Waals surface area contributed by atoms with Gasteiger partial charge in [0.15, 0.2) is 3.95 Å². The standard InChI is InChI=1S/C14H18FN5O2S3/c1-16-13-17-20(14(23)24-13)10-18-6-8-19(9-7-18)25(21,22)12-4-2-11(15)3-5-12/h2-5H,6-10H2,1H3,(H,16,17). The van der Waals surface area contributed by atoms with Gasteiger partial charge in [-0.2, -0.15) is 4.31 Å². The highest BCUT2D eigenvalue weighted by Crippen LogP contribution is 2.19. The van der Waals surface area contributed by atoms with E-state index in [0.29, 0.717) is 36.8 Å². The van der Waals surface area contributed by atoms with Crippen molar-refractivity contribution in [3.8, 4) is 0 Å². The maximum atomic E-state index is 13.0. The highest BCUT2D eigenvalue weighted by molar-refractivity contribution is 7.89. The average Bonchev–Trinajstić information content (AvgIpc) is 2.96. The van der Waals surface area contributed by atoms with Crippen LogP contribution in [0.2, 0.25) is 0 Å². The SMILES string of the molecule is CNc1nn(CN2CCN(S(=O)(=O)c3ccc(F)cc3)CC2)c(=S)s1. The summed E-state index contributed by atoms with van der Waals surface area (Å²) < 4.78 is 42.0. The van der Waals surface area contributed by atoms with Crippen LogP contribution < -0.4 is 5.32 Å². The molecule has 0 bridgehead atoms. The second kappa shape index (κ2) is 7.46. The molecule has 1 N–H and O–H groups in total. The number of benzene rings is 1. The molecule has 11 heteroatoms. The molecule has 1 fully saturated rings. The Morgan fingerprint density at radius 3 is 2.44 bits per heavy atom. The summed E-state index contributed by atoms with van der Waals surface area (Å²) in [6.45, 7) is 2.43. The second-order valence-corrected chi connectivity index (χ2v) is 9.10. The Bertz CT molecular complexity index is 886. The molecule has 0 unspecified atom stereocenters. The van der Waals surface area contributed by atoms with Crippen LogP contribution in [0.1, 0.15) is 0 Å². The lowest BCUT2D eigenvalue weighted by atomic mass is 10.4. The summed E-state index contributed by atoms with van der Waals surface area (Å²) in [4.78, 5) is 2.22. The van der Waals surface area contributed by atoms with Crippen molar-refractivity contribution in [3.63, 3.8) is 0 Å².